The van der Waals surface area contributed by atoms with Crippen LogP contribution in [0.1, 0.15) is 33.4 Å². The number of carbonyl (C=O) groups is 3. The number of ketones is 1. The molecule has 1 heterocycles. The molecule has 0 aliphatic heterocycles. The van der Waals surface area contributed by atoms with Crippen LogP contribution in [0.15, 0.2) is 30.5 Å². The van der Waals surface area contributed by atoms with Gasteiger partial charge in [-0.3, -0.25) is 14.9 Å². The molecular formula is C16H16N2O5S. The molecule has 0 spiro atoms. The number of aromatic nitrogens is 1. The van der Waals surface area contributed by atoms with Crippen molar-refractivity contribution in [2.24, 2.45) is 0 Å². The summed E-state index contributed by atoms with van der Waals surface area (Å²) in [7, 11) is 1.27. The molecule has 1 aromatic heterocycles. The van der Waals surface area contributed by atoms with Crippen LogP contribution in [-0.2, 0) is 9.53 Å². The molecule has 126 valence electrons. The minimum absolute atomic E-state index is 0.0458. The van der Waals surface area contributed by atoms with Gasteiger partial charge in [-0.1, -0.05) is 18.3 Å². The molecular weight excluding hydrogens is 332 g/mol. The average Bonchev–Trinajstić information content (AvgIpc) is 3.07. The lowest BCUT2D eigenvalue weighted by molar-refractivity contribution is -0.118. The van der Waals surface area contributed by atoms with Crippen molar-refractivity contribution in [3.8, 4) is 5.75 Å². The number of Topliss-reactive ketones (excluding diaryl/α,β-unsaturated/α-hetero) is 1. The van der Waals surface area contributed by atoms with Crippen molar-refractivity contribution in [3.63, 3.8) is 0 Å². The number of ether oxygens (including phenoxy) is 2. The van der Waals surface area contributed by atoms with Gasteiger partial charge in [0.25, 0.3) is 5.91 Å². The molecule has 2 aromatic rings. The van der Waals surface area contributed by atoms with E-state index in [1.807, 2.05) is 0 Å². The van der Waals surface area contributed by atoms with Crippen LogP contribution in [-0.4, -0.2) is 36.4 Å². The van der Waals surface area contributed by atoms with Gasteiger partial charge in [0.1, 0.15) is 10.6 Å². The molecule has 8 heteroatoms. The van der Waals surface area contributed by atoms with Crippen molar-refractivity contribution in [1.82, 2.24) is 4.98 Å². The van der Waals surface area contributed by atoms with Gasteiger partial charge in [0.2, 0.25) is 0 Å². The predicted octanol–water partition coefficient (Wildman–Crippen LogP) is 2.54. The molecule has 2 rings (SSSR count). The number of anilines is 1. The van der Waals surface area contributed by atoms with Crippen LogP contribution in [0.2, 0.25) is 0 Å². The molecule has 7 nitrogen and oxygen atoms in total. The molecule has 0 saturated heterocycles. The van der Waals surface area contributed by atoms with Crippen LogP contribution < -0.4 is 10.1 Å². The summed E-state index contributed by atoms with van der Waals surface area (Å²) in [4.78, 5) is 38.9. The van der Waals surface area contributed by atoms with Gasteiger partial charge in [0, 0.05) is 12.0 Å². The van der Waals surface area contributed by atoms with E-state index in [-0.39, 0.29) is 17.5 Å². The first kappa shape index (κ1) is 17.6. The van der Waals surface area contributed by atoms with E-state index in [0.29, 0.717) is 22.6 Å². The maximum Gasteiger partial charge on any atom is 0.349 e. The molecule has 0 saturated carbocycles. The lowest BCUT2D eigenvalue weighted by Gasteiger charge is -2.06. The van der Waals surface area contributed by atoms with Gasteiger partial charge < -0.3 is 9.47 Å². The summed E-state index contributed by atoms with van der Waals surface area (Å²) in [6.07, 6.45) is 1.76. The molecule has 0 bridgehead atoms. The molecule has 1 aromatic carbocycles. The van der Waals surface area contributed by atoms with Crippen LogP contribution >= 0.6 is 11.3 Å². The van der Waals surface area contributed by atoms with E-state index in [2.05, 4.69) is 15.0 Å². The molecule has 1 amide bonds. The van der Waals surface area contributed by atoms with Crippen LogP contribution in [0.25, 0.3) is 0 Å². The number of nitrogens with one attached hydrogen (secondary N) is 1. The van der Waals surface area contributed by atoms with E-state index in [9.17, 15) is 14.4 Å². The Kier molecular flexibility index (Phi) is 6.02. The summed E-state index contributed by atoms with van der Waals surface area (Å²) in [6.45, 7) is 1.58. The van der Waals surface area contributed by atoms with Crippen LogP contribution in [0.5, 0.6) is 5.75 Å². The highest BCUT2D eigenvalue weighted by Crippen LogP contribution is 2.19. The number of nitrogens with zero attached hydrogens (tertiary/aromatic N) is 1. The number of thiazole rings is 1. The van der Waals surface area contributed by atoms with Crippen molar-refractivity contribution >= 4 is 34.1 Å². The topological polar surface area (TPSA) is 94.6 Å². The molecule has 0 atom stereocenters. The summed E-state index contributed by atoms with van der Waals surface area (Å²) in [6, 6.07) is 6.58. The smallest absolute Gasteiger partial charge is 0.349 e. The standard InChI is InChI=1S/C16H16N2O5S/c1-3-12(19)10-4-6-11(7-5-10)23-9-14(20)18-16-17-8-13(24-16)15(21)22-2/h4-8H,3,9H2,1-2H3,(H,17,18,20). The quantitative estimate of drug-likeness (QED) is 0.610. The van der Waals surface area contributed by atoms with Crippen molar-refractivity contribution in [3.05, 3.63) is 40.9 Å². The normalized spacial score (nSPS) is 10.1. The molecule has 0 aliphatic carbocycles. The highest BCUT2D eigenvalue weighted by atomic mass is 32.1. The van der Waals surface area contributed by atoms with Gasteiger partial charge in [-0.15, -0.1) is 0 Å². The van der Waals surface area contributed by atoms with Crippen molar-refractivity contribution in [2.75, 3.05) is 19.0 Å². The number of benzene rings is 1. The van der Waals surface area contributed by atoms with E-state index < -0.39 is 11.9 Å². The van der Waals surface area contributed by atoms with Gasteiger partial charge in [0.05, 0.1) is 13.3 Å². The van der Waals surface area contributed by atoms with Gasteiger partial charge >= 0.3 is 5.97 Å². The first-order chi connectivity index (χ1) is 11.5. The van der Waals surface area contributed by atoms with Crippen molar-refractivity contribution in [2.45, 2.75) is 13.3 Å². The maximum absolute atomic E-state index is 11.8. The van der Waals surface area contributed by atoms with E-state index in [1.54, 1.807) is 31.2 Å². The lowest BCUT2D eigenvalue weighted by atomic mass is 10.1. The van der Waals surface area contributed by atoms with Gasteiger partial charge in [0.15, 0.2) is 17.5 Å². The van der Waals surface area contributed by atoms with Gasteiger partial charge in [-0.05, 0) is 24.3 Å². The summed E-state index contributed by atoms with van der Waals surface area (Å²) in [5, 5.41) is 2.82. The Bertz CT molecular complexity index is 739. The molecule has 0 radical (unpaired) electrons. The number of esters is 1. The number of hydrogen-bond donors (Lipinski definition) is 1. The van der Waals surface area contributed by atoms with Crippen LogP contribution in [0, 0.1) is 0 Å². The Morgan fingerprint density at radius 3 is 2.54 bits per heavy atom. The first-order valence-electron chi connectivity index (χ1n) is 7.13. The number of hydrogen-bond acceptors (Lipinski definition) is 7. The Morgan fingerprint density at radius 2 is 1.92 bits per heavy atom. The van der Waals surface area contributed by atoms with Gasteiger partial charge in [-0.2, -0.15) is 0 Å². The minimum Gasteiger partial charge on any atom is -0.484 e. The third-order valence-corrected chi connectivity index (χ3v) is 3.90. The second-order valence-corrected chi connectivity index (χ2v) is 5.69. The van der Waals surface area contributed by atoms with E-state index in [0.717, 1.165) is 11.3 Å². The molecule has 0 unspecified atom stereocenters. The Labute approximate surface area is 142 Å². The monoisotopic (exact) mass is 348 g/mol. The minimum atomic E-state index is -0.508. The Morgan fingerprint density at radius 1 is 1.21 bits per heavy atom. The Hall–Kier alpha value is -2.74. The van der Waals surface area contributed by atoms with Crippen molar-refractivity contribution in [1.29, 1.82) is 0 Å². The van der Waals surface area contributed by atoms with Crippen molar-refractivity contribution < 1.29 is 23.9 Å². The zero-order valence-corrected chi connectivity index (χ0v) is 14.0. The van der Waals surface area contributed by atoms with E-state index >= 15 is 0 Å². The number of rotatable bonds is 7. The fraction of sp³-hybridized carbons (Fsp3) is 0.250. The maximum atomic E-state index is 11.8. The third kappa shape index (κ3) is 4.63. The summed E-state index contributed by atoms with van der Waals surface area (Å²) >= 11 is 1.01. The van der Waals surface area contributed by atoms with E-state index in [1.165, 1.54) is 13.3 Å². The fourth-order valence-corrected chi connectivity index (χ4v) is 2.52. The molecule has 0 fully saturated rings. The summed E-state index contributed by atoms with van der Waals surface area (Å²) in [5.74, 6) is -0.392. The summed E-state index contributed by atoms with van der Waals surface area (Å²) < 4.78 is 9.91. The lowest BCUT2D eigenvalue weighted by Crippen LogP contribution is -2.20. The SMILES string of the molecule is CCC(=O)c1ccc(OCC(=O)Nc2ncc(C(=O)OC)s2)cc1. The predicted molar refractivity (Wildman–Crippen MR) is 88.6 cm³/mol. The largest absolute Gasteiger partial charge is 0.484 e. The van der Waals surface area contributed by atoms with Gasteiger partial charge in [-0.25, -0.2) is 9.78 Å². The first-order valence-corrected chi connectivity index (χ1v) is 7.95. The zero-order valence-electron chi connectivity index (χ0n) is 13.2. The highest BCUT2D eigenvalue weighted by Gasteiger charge is 2.12. The highest BCUT2D eigenvalue weighted by molar-refractivity contribution is 7.17. The molecule has 24 heavy (non-hydrogen) atoms. The second kappa shape index (κ2) is 8.21. The zero-order chi connectivity index (χ0) is 17.5. The molecule has 0 aliphatic rings. The number of methoxy groups -OCH3 is 1. The number of amides is 1. The fourth-order valence-electron chi connectivity index (χ4n) is 1.77. The van der Waals surface area contributed by atoms with Crippen LogP contribution in [0.3, 0.4) is 0 Å². The molecule has 1 N–H and O–H groups in total. The number of carbonyl (C=O) groups excluding carboxylic acids is 3. The Balaban J connectivity index is 1.85. The van der Waals surface area contributed by atoms with Crippen LogP contribution in [0.4, 0.5) is 5.13 Å². The second-order valence-electron chi connectivity index (χ2n) is 4.66. The third-order valence-electron chi connectivity index (χ3n) is 3.01. The van der Waals surface area contributed by atoms with E-state index in [4.69, 9.17) is 4.74 Å². The average molecular weight is 348 g/mol. The summed E-state index contributed by atoms with van der Waals surface area (Å²) in [5.41, 5.74) is 0.604.